The molecule has 1 unspecified atom stereocenters. The molecule has 4 aliphatic carbocycles. The Morgan fingerprint density at radius 1 is 1.15 bits per heavy atom. The van der Waals surface area contributed by atoms with E-state index in [1.807, 2.05) is 6.08 Å². The largest absolute Gasteiger partial charge is 0.478 e. The summed E-state index contributed by atoms with van der Waals surface area (Å²) in [5, 5.41) is 9.16. The summed E-state index contributed by atoms with van der Waals surface area (Å²) in [6, 6.07) is 0. The van der Waals surface area contributed by atoms with Gasteiger partial charge in [-0.1, -0.05) is 59.3 Å². The standard InChI is InChI=1S/C30H46O3/c1-19(9-8-10-20(2)26(32)33)21-13-17-30(7)23-11-12-24-27(3,4)25(31)15-16-28(24,5)22(23)14-18-29(21,30)6/h10-11,19,21-22,24H,8-9,12-18H2,1-7H3,(H,32,33)/b20-10-/t19-,21+,22+,24?,28-,29+,30-/m1/s1. The first-order valence-corrected chi connectivity index (χ1v) is 13.4. The molecule has 0 aliphatic heterocycles. The Morgan fingerprint density at radius 2 is 1.85 bits per heavy atom. The molecule has 3 fully saturated rings. The van der Waals surface area contributed by atoms with Crippen molar-refractivity contribution >= 4 is 11.8 Å². The normalized spacial score (nSPS) is 43.2. The average Bonchev–Trinajstić information content (AvgIpc) is 3.02. The molecular weight excluding hydrogens is 408 g/mol. The summed E-state index contributed by atoms with van der Waals surface area (Å²) in [7, 11) is 0. The smallest absolute Gasteiger partial charge is 0.330 e. The van der Waals surface area contributed by atoms with Crippen LogP contribution in [0.15, 0.2) is 23.3 Å². The average molecular weight is 455 g/mol. The van der Waals surface area contributed by atoms with E-state index in [1.165, 1.54) is 25.7 Å². The number of carbonyl (C=O) groups excluding carboxylic acids is 1. The Balaban J connectivity index is 1.59. The summed E-state index contributed by atoms with van der Waals surface area (Å²) in [5.41, 5.74) is 2.80. The monoisotopic (exact) mass is 454 g/mol. The molecule has 3 heteroatoms. The van der Waals surface area contributed by atoms with Gasteiger partial charge >= 0.3 is 5.97 Å². The zero-order valence-electron chi connectivity index (χ0n) is 22.1. The van der Waals surface area contributed by atoms with Crippen LogP contribution in [-0.4, -0.2) is 16.9 Å². The van der Waals surface area contributed by atoms with Crippen LogP contribution in [-0.2, 0) is 9.59 Å². The summed E-state index contributed by atoms with van der Waals surface area (Å²) >= 11 is 0. The molecule has 33 heavy (non-hydrogen) atoms. The van der Waals surface area contributed by atoms with Gasteiger partial charge in [-0.25, -0.2) is 4.79 Å². The molecule has 0 aromatic carbocycles. The lowest BCUT2D eigenvalue weighted by atomic mass is 9.41. The molecule has 0 aromatic rings. The van der Waals surface area contributed by atoms with Crippen LogP contribution in [0, 0.1) is 45.3 Å². The van der Waals surface area contributed by atoms with E-state index >= 15 is 0 Å². The van der Waals surface area contributed by atoms with E-state index < -0.39 is 5.97 Å². The number of ketones is 1. The molecule has 0 bridgehead atoms. The minimum atomic E-state index is -0.801. The molecule has 0 heterocycles. The van der Waals surface area contributed by atoms with E-state index in [0.29, 0.717) is 40.4 Å². The number of hydrogen-bond acceptors (Lipinski definition) is 2. The third-order valence-corrected chi connectivity index (χ3v) is 11.7. The molecule has 1 N–H and O–H groups in total. The van der Waals surface area contributed by atoms with Crippen LogP contribution >= 0.6 is 0 Å². The quantitative estimate of drug-likeness (QED) is 0.343. The molecule has 0 amide bonds. The number of carboxylic acid groups (broad SMARTS) is 1. The molecule has 3 saturated carbocycles. The van der Waals surface area contributed by atoms with E-state index in [2.05, 4.69) is 47.6 Å². The predicted octanol–water partition coefficient (Wildman–Crippen LogP) is 7.61. The zero-order chi connectivity index (χ0) is 24.4. The lowest BCUT2D eigenvalue weighted by Gasteiger charge is -2.63. The van der Waals surface area contributed by atoms with Crippen molar-refractivity contribution in [3.8, 4) is 0 Å². The molecule has 0 spiro atoms. The van der Waals surface area contributed by atoms with Crippen molar-refractivity contribution in [1.29, 1.82) is 0 Å². The van der Waals surface area contributed by atoms with Crippen LogP contribution in [0.25, 0.3) is 0 Å². The van der Waals surface area contributed by atoms with Crippen molar-refractivity contribution in [2.24, 2.45) is 45.3 Å². The Morgan fingerprint density at radius 3 is 2.52 bits per heavy atom. The third kappa shape index (κ3) is 3.50. The van der Waals surface area contributed by atoms with E-state index in [9.17, 15) is 9.59 Å². The van der Waals surface area contributed by atoms with Crippen LogP contribution in [0.4, 0.5) is 0 Å². The number of fused-ring (bicyclic) bond motifs is 5. The summed E-state index contributed by atoms with van der Waals surface area (Å²) in [6.07, 6.45) is 14.4. The van der Waals surface area contributed by atoms with Crippen LogP contribution in [0.2, 0.25) is 0 Å². The first-order chi connectivity index (χ1) is 15.3. The van der Waals surface area contributed by atoms with E-state index in [4.69, 9.17) is 5.11 Å². The van der Waals surface area contributed by atoms with Gasteiger partial charge in [-0.15, -0.1) is 0 Å². The maximum absolute atomic E-state index is 12.8. The highest BCUT2D eigenvalue weighted by Crippen LogP contribution is 2.73. The fourth-order valence-electron chi connectivity index (χ4n) is 9.32. The Labute approximate surface area is 201 Å². The van der Waals surface area contributed by atoms with Crippen molar-refractivity contribution in [1.82, 2.24) is 0 Å². The van der Waals surface area contributed by atoms with Gasteiger partial charge in [-0.3, -0.25) is 4.79 Å². The minimum Gasteiger partial charge on any atom is -0.478 e. The molecule has 4 aliphatic rings. The summed E-state index contributed by atoms with van der Waals surface area (Å²) < 4.78 is 0. The number of carboxylic acids is 1. The van der Waals surface area contributed by atoms with Gasteiger partial charge in [0.15, 0.2) is 0 Å². The summed E-state index contributed by atoms with van der Waals surface area (Å²) in [5.74, 6) is 2.05. The maximum Gasteiger partial charge on any atom is 0.330 e. The second-order valence-corrected chi connectivity index (χ2v) is 13.3. The molecule has 0 radical (unpaired) electrons. The number of carbonyl (C=O) groups is 2. The van der Waals surface area contributed by atoms with Crippen molar-refractivity contribution in [2.75, 3.05) is 0 Å². The highest BCUT2D eigenvalue weighted by Gasteiger charge is 2.65. The van der Waals surface area contributed by atoms with Gasteiger partial charge in [0, 0.05) is 17.4 Å². The van der Waals surface area contributed by atoms with Gasteiger partial charge in [0.1, 0.15) is 5.78 Å². The fourth-order valence-corrected chi connectivity index (χ4v) is 9.32. The number of aliphatic carboxylic acids is 1. The Kier molecular flexibility index (Phi) is 6.07. The second-order valence-electron chi connectivity index (χ2n) is 13.3. The van der Waals surface area contributed by atoms with Crippen molar-refractivity contribution in [3.63, 3.8) is 0 Å². The van der Waals surface area contributed by atoms with Gasteiger partial charge in [-0.05, 0) is 98.2 Å². The molecule has 184 valence electrons. The highest BCUT2D eigenvalue weighted by atomic mass is 16.4. The summed E-state index contributed by atoms with van der Waals surface area (Å²) in [6.45, 7) is 16.2. The van der Waals surface area contributed by atoms with Gasteiger partial charge in [0.25, 0.3) is 0 Å². The van der Waals surface area contributed by atoms with Crippen LogP contribution < -0.4 is 0 Å². The van der Waals surface area contributed by atoms with Crippen molar-refractivity contribution in [2.45, 2.75) is 106 Å². The lowest BCUT2D eigenvalue weighted by Crippen LogP contribution is -2.57. The van der Waals surface area contributed by atoms with Gasteiger partial charge in [0.2, 0.25) is 0 Å². The SMILES string of the molecule is C/C(=C/CC[C@@H](C)[C@@H]1CC[C@]2(C)C3=CCC4C(C)(C)C(=O)CC[C@]4(C)[C@H]3CC[C@@]12C)C(=O)O. The first-order valence-electron chi connectivity index (χ1n) is 13.4. The third-order valence-electron chi connectivity index (χ3n) is 11.7. The topological polar surface area (TPSA) is 54.4 Å². The van der Waals surface area contributed by atoms with E-state index in [0.717, 1.165) is 32.1 Å². The van der Waals surface area contributed by atoms with Crippen molar-refractivity contribution < 1.29 is 14.7 Å². The highest BCUT2D eigenvalue weighted by molar-refractivity contribution is 5.86. The second kappa shape index (κ2) is 8.09. The molecule has 0 saturated heterocycles. The number of hydrogen-bond donors (Lipinski definition) is 1. The molecule has 3 nitrogen and oxygen atoms in total. The maximum atomic E-state index is 12.8. The van der Waals surface area contributed by atoms with Crippen LogP contribution in [0.5, 0.6) is 0 Å². The minimum absolute atomic E-state index is 0.203. The first kappa shape index (κ1) is 24.7. The number of allylic oxidation sites excluding steroid dienone is 3. The Hall–Kier alpha value is -1.38. The number of rotatable bonds is 5. The molecule has 0 aromatic heterocycles. The fraction of sp³-hybridized carbons (Fsp3) is 0.800. The van der Waals surface area contributed by atoms with Crippen LogP contribution in [0.3, 0.4) is 0 Å². The molecular formula is C30H46O3. The number of Topliss-reactive ketones (excluding diaryl/α,β-unsaturated/α-hetero) is 1. The van der Waals surface area contributed by atoms with Gasteiger partial charge in [0.05, 0.1) is 0 Å². The van der Waals surface area contributed by atoms with E-state index in [1.54, 1.807) is 12.5 Å². The van der Waals surface area contributed by atoms with Crippen LogP contribution in [0.1, 0.15) is 106 Å². The van der Waals surface area contributed by atoms with Gasteiger partial charge in [-0.2, -0.15) is 0 Å². The van der Waals surface area contributed by atoms with Crippen molar-refractivity contribution in [3.05, 3.63) is 23.3 Å². The van der Waals surface area contributed by atoms with Gasteiger partial charge < -0.3 is 5.11 Å². The Bertz CT molecular complexity index is 894. The zero-order valence-corrected chi connectivity index (χ0v) is 22.1. The molecule has 4 rings (SSSR count). The lowest BCUT2D eigenvalue weighted by molar-refractivity contribution is -0.146. The predicted molar refractivity (Wildman–Crippen MR) is 134 cm³/mol. The summed E-state index contributed by atoms with van der Waals surface area (Å²) in [4.78, 5) is 23.9. The van der Waals surface area contributed by atoms with E-state index in [-0.39, 0.29) is 16.2 Å². The molecule has 7 atom stereocenters.